The van der Waals surface area contributed by atoms with Gasteiger partial charge in [-0.1, -0.05) is 11.6 Å². The van der Waals surface area contributed by atoms with Crippen LogP contribution in [-0.2, 0) is 6.54 Å². The lowest BCUT2D eigenvalue weighted by atomic mass is 10.4. The highest BCUT2D eigenvalue weighted by molar-refractivity contribution is 9.10. The number of anilines is 1. The monoisotopic (exact) mass is 275 g/mol. The normalized spacial score (nSPS) is 10.7. The first-order chi connectivity index (χ1) is 6.68. The molecule has 0 aliphatic heterocycles. The summed E-state index contributed by atoms with van der Waals surface area (Å²) in [6.45, 7) is 0.464. The number of furan rings is 1. The molecule has 2 aromatic heterocycles. The first kappa shape index (κ1) is 9.61. The van der Waals surface area contributed by atoms with Crippen molar-refractivity contribution in [2.24, 2.45) is 0 Å². The maximum absolute atomic E-state index is 5.76. The molecule has 6 heteroatoms. The van der Waals surface area contributed by atoms with Gasteiger partial charge in [-0.05, 0) is 22.0 Å². The van der Waals surface area contributed by atoms with Gasteiger partial charge in [0.25, 0.3) is 0 Å². The first-order valence-corrected chi connectivity index (χ1v) is 5.04. The fourth-order valence-corrected chi connectivity index (χ4v) is 1.54. The third-order valence-corrected chi connectivity index (χ3v) is 2.82. The molecule has 0 aliphatic rings. The van der Waals surface area contributed by atoms with Crippen LogP contribution in [0.25, 0.3) is 0 Å². The van der Waals surface area contributed by atoms with Crippen LogP contribution >= 0.6 is 27.5 Å². The van der Waals surface area contributed by atoms with Crippen LogP contribution < -0.4 is 5.73 Å². The summed E-state index contributed by atoms with van der Waals surface area (Å²) < 4.78 is 7.69. The number of hydrogen-bond acceptors (Lipinski definition) is 3. The maximum atomic E-state index is 5.76. The molecule has 4 nitrogen and oxygen atoms in total. The van der Waals surface area contributed by atoms with Crippen LogP contribution in [0.4, 0.5) is 5.82 Å². The summed E-state index contributed by atoms with van der Waals surface area (Å²) in [7, 11) is 0. The summed E-state index contributed by atoms with van der Waals surface area (Å²) in [6.07, 6.45) is 3.11. The minimum absolute atomic E-state index is 0.440. The molecule has 0 saturated carbocycles. The average Bonchev–Trinajstić information content (AvgIpc) is 2.68. The van der Waals surface area contributed by atoms with Crippen LogP contribution in [0.5, 0.6) is 0 Å². The first-order valence-electron chi connectivity index (χ1n) is 3.87. The van der Waals surface area contributed by atoms with E-state index < -0.39 is 0 Å². The van der Waals surface area contributed by atoms with Crippen LogP contribution in [0, 0.1) is 0 Å². The van der Waals surface area contributed by atoms with Gasteiger partial charge in [0.15, 0.2) is 0 Å². The lowest BCUT2D eigenvalue weighted by Gasteiger charge is -2.01. The number of aromatic nitrogens is 2. The Bertz CT molecular complexity index is 451. The van der Waals surface area contributed by atoms with Crippen LogP contribution in [0.2, 0.25) is 5.02 Å². The summed E-state index contributed by atoms with van der Waals surface area (Å²) in [5.41, 5.74) is 5.68. The van der Waals surface area contributed by atoms with Crippen molar-refractivity contribution in [1.29, 1.82) is 0 Å². The Morgan fingerprint density at radius 1 is 1.64 bits per heavy atom. The lowest BCUT2D eigenvalue weighted by molar-refractivity contribution is 0.480. The van der Waals surface area contributed by atoms with Gasteiger partial charge in [-0.15, -0.1) is 0 Å². The van der Waals surface area contributed by atoms with E-state index >= 15 is 0 Å². The quantitative estimate of drug-likeness (QED) is 0.917. The molecule has 0 amide bonds. The molecule has 0 atom stereocenters. The Hall–Kier alpha value is -0.940. The summed E-state index contributed by atoms with van der Waals surface area (Å²) in [4.78, 5) is 0. The number of nitrogens with two attached hydrogens (primary N) is 1. The largest absolute Gasteiger partial charge is 0.466 e. The van der Waals surface area contributed by atoms with Gasteiger partial charge in [-0.3, -0.25) is 0 Å². The molecule has 0 bridgehead atoms. The maximum Gasteiger partial charge on any atom is 0.141 e. The number of halogens is 2. The molecule has 0 aliphatic carbocycles. The van der Waals surface area contributed by atoms with Crippen molar-refractivity contribution in [2.75, 3.05) is 5.73 Å². The lowest BCUT2D eigenvalue weighted by Crippen LogP contribution is -2.05. The Kier molecular flexibility index (Phi) is 2.52. The average molecular weight is 277 g/mol. The Morgan fingerprint density at radius 3 is 2.93 bits per heavy atom. The van der Waals surface area contributed by atoms with Gasteiger partial charge in [-0.25, -0.2) is 4.68 Å². The van der Waals surface area contributed by atoms with Gasteiger partial charge in [0.2, 0.25) is 0 Å². The minimum Gasteiger partial charge on any atom is -0.466 e. The van der Waals surface area contributed by atoms with E-state index in [1.54, 1.807) is 10.9 Å². The molecule has 2 rings (SSSR count). The molecule has 2 aromatic rings. The highest BCUT2D eigenvalue weighted by Crippen LogP contribution is 2.22. The van der Waals surface area contributed by atoms with Crippen molar-refractivity contribution >= 4 is 33.3 Å². The van der Waals surface area contributed by atoms with Crippen molar-refractivity contribution in [1.82, 2.24) is 9.78 Å². The molecule has 0 radical (unpaired) electrons. The fourth-order valence-electron chi connectivity index (χ4n) is 1.07. The predicted molar refractivity (Wildman–Crippen MR) is 57.2 cm³/mol. The van der Waals surface area contributed by atoms with E-state index in [4.69, 9.17) is 21.8 Å². The summed E-state index contributed by atoms with van der Waals surface area (Å²) >= 11 is 9.11. The standard InChI is InChI=1S/C8H7BrClN3O/c9-5-1-2-14-7(5)4-13-8(11)6(10)3-12-13/h1-3H,4,11H2. The van der Waals surface area contributed by atoms with E-state index in [2.05, 4.69) is 21.0 Å². The minimum atomic E-state index is 0.440. The van der Waals surface area contributed by atoms with E-state index in [1.165, 1.54) is 6.20 Å². The van der Waals surface area contributed by atoms with Gasteiger partial charge in [0, 0.05) is 0 Å². The SMILES string of the molecule is Nc1c(Cl)cnn1Cc1occc1Br. The van der Waals surface area contributed by atoms with Gasteiger partial charge < -0.3 is 10.2 Å². The number of hydrogen-bond donors (Lipinski definition) is 1. The Balaban J connectivity index is 2.27. The molecule has 2 N–H and O–H groups in total. The van der Waals surface area contributed by atoms with Crippen LogP contribution in [0.15, 0.2) is 27.4 Å². The topological polar surface area (TPSA) is 57.0 Å². The second-order valence-corrected chi connectivity index (χ2v) is 3.99. The fraction of sp³-hybridized carbons (Fsp3) is 0.125. The van der Waals surface area contributed by atoms with E-state index in [0.29, 0.717) is 17.4 Å². The second kappa shape index (κ2) is 3.67. The molecule has 2 heterocycles. The van der Waals surface area contributed by atoms with Crippen LogP contribution in [-0.4, -0.2) is 9.78 Å². The van der Waals surface area contributed by atoms with Crippen molar-refractivity contribution in [3.05, 3.63) is 33.8 Å². The van der Waals surface area contributed by atoms with E-state index in [0.717, 1.165) is 10.2 Å². The zero-order valence-electron chi connectivity index (χ0n) is 7.08. The molecule has 0 fully saturated rings. The smallest absolute Gasteiger partial charge is 0.141 e. The van der Waals surface area contributed by atoms with Crippen molar-refractivity contribution in [2.45, 2.75) is 6.54 Å². The van der Waals surface area contributed by atoms with Crippen molar-refractivity contribution < 1.29 is 4.42 Å². The van der Waals surface area contributed by atoms with Crippen molar-refractivity contribution in [3.63, 3.8) is 0 Å². The molecule has 0 unspecified atom stereocenters. The number of nitrogens with zero attached hydrogens (tertiary/aromatic N) is 2. The molecule has 0 saturated heterocycles. The Labute approximate surface area is 93.8 Å². The summed E-state index contributed by atoms with van der Waals surface area (Å²) in [6, 6.07) is 1.82. The molecule has 74 valence electrons. The number of rotatable bonds is 2. The van der Waals surface area contributed by atoms with E-state index in [-0.39, 0.29) is 0 Å². The zero-order chi connectivity index (χ0) is 10.1. The van der Waals surface area contributed by atoms with Crippen LogP contribution in [0.1, 0.15) is 5.76 Å². The van der Waals surface area contributed by atoms with E-state index in [9.17, 15) is 0 Å². The molecule has 0 aromatic carbocycles. The number of nitrogen functional groups attached to an aromatic ring is 1. The highest BCUT2D eigenvalue weighted by atomic mass is 79.9. The zero-order valence-corrected chi connectivity index (χ0v) is 9.42. The van der Waals surface area contributed by atoms with Gasteiger partial charge in [0.1, 0.15) is 23.1 Å². The highest BCUT2D eigenvalue weighted by Gasteiger charge is 2.09. The van der Waals surface area contributed by atoms with Gasteiger partial charge >= 0.3 is 0 Å². The van der Waals surface area contributed by atoms with E-state index in [1.807, 2.05) is 6.07 Å². The molecular formula is C8H7BrClN3O. The van der Waals surface area contributed by atoms with Crippen molar-refractivity contribution in [3.8, 4) is 0 Å². The summed E-state index contributed by atoms with van der Waals surface area (Å²) in [5, 5.41) is 4.46. The van der Waals surface area contributed by atoms with Gasteiger partial charge in [0.05, 0.1) is 16.9 Å². The second-order valence-electron chi connectivity index (χ2n) is 2.73. The molecular weight excluding hydrogens is 269 g/mol. The Morgan fingerprint density at radius 2 is 2.43 bits per heavy atom. The third kappa shape index (κ3) is 1.65. The molecule has 14 heavy (non-hydrogen) atoms. The predicted octanol–water partition coefficient (Wildman–Crippen LogP) is 2.52. The molecule has 0 spiro atoms. The van der Waals surface area contributed by atoms with Crippen LogP contribution in [0.3, 0.4) is 0 Å². The third-order valence-electron chi connectivity index (χ3n) is 1.82. The summed E-state index contributed by atoms with van der Waals surface area (Å²) in [5.74, 6) is 1.20. The van der Waals surface area contributed by atoms with Gasteiger partial charge in [-0.2, -0.15) is 5.10 Å².